The van der Waals surface area contributed by atoms with Crippen molar-refractivity contribution in [2.24, 2.45) is 5.73 Å². The van der Waals surface area contributed by atoms with Crippen LogP contribution in [0.1, 0.15) is 43.4 Å². The Bertz CT molecular complexity index is 373. The lowest BCUT2D eigenvalue weighted by molar-refractivity contribution is -0.0762. The number of aromatic nitrogens is 2. The number of rotatable bonds is 2. The molecule has 1 unspecified atom stereocenters. The second-order valence-electron chi connectivity index (χ2n) is 4.56. The summed E-state index contributed by atoms with van der Waals surface area (Å²) < 4.78 is 5.84. The van der Waals surface area contributed by atoms with Crippen molar-refractivity contribution in [3.8, 4) is 0 Å². The van der Waals surface area contributed by atoms with Crippen molar-refractivity contribution >= 4 is 0 Å². The molecule has 1 fully saturated rings. The second-order valence-corrected chi connectivity index (χ2v) is 4.56. The van der Waals surface area contributed by atoms with E-state index in [1.54, 1.807) is 0 Å². The van der Waals surface area contributed by atoms with E-state index in [4.69, 9.17) is 10.5 Å². The lowest BCUT2D eigenvalue weighted by Crippen LogP contribution is -2.33. The molecule has 2 N–H and O–H groups in total. The van der Waals surface area contributed by atoms with E-state index < -0.39 is 0 Å². The van der Waals surface area contributed by atoms with Crippen molar-refractivity contribution in [2.75, 3.05) is 6.61 Å². The summed E-state index contributed by atoms with van der Waals surface area (Å²) in [6.45, 7) is 5.29. The Kier molecular flexibility index (Phi) is 3.21. The molecule has 0 spiro atoms. The highest BCUT2D eigenvalue weighted by Gasteiger charge is 2.33. The van der Waals surface area contributed by atoms with Crippen LogP contribution in [0.2, 0.25) is 0 Å². The lowest BCUT2D eigenvalue weighted by atomic mass is 9.95. The second kappa shape index (κ2) is 4.47. The summed E-state index contributed by atoms with van der Waals surface area (Å²) in [7, 11) is 0. The summed E-state index contributed by atoms with van der Waals surface area (Å²) in [6, 6.07) is 1.93. The van der Waals surface area contributed by atoms with Gasteiger partial charge in [-0.15, -0.1) is 0 Å². The molecular formula is C12H19N3O. The Hall–Kier alpha value is -1.00. The topological polar surface area (TPSA) is 61.0 Å². The van der Waals surface area contributed by atoms with Crippen molar-refractivity contribution in [1.82, 2.24) is 9.97 Å². The van der Waals surface area contributed by atoms with Crippen molar-refractivity contribution in [1.29, 1.82) is 0 Å². The number of hydrogen-bond donors (Lipinski definition) is 1. The largest absolute Gasteiger partial charge is 0.367 e. The van der Waals surface area contributed by atoms with E-state index in [2.05, 4.69) is 16.9 Å². The van der Waals surface area contributed by atoms with Crippen LogP contribution in [0.4, 0.5) is 0 Å². The lowest BCUT2D eigenvalue weighted by Gasteiger charge is -2.32. The van der Waals surface area contributed by atoms with Gasteiger partial charge in [0.2, 0.25) is 0 Å². The van der Waals surface area contributed by atoms with Gasteiger partial charge in [0.15, 0.2) is 5.82 Å². The average Bonchev–Trinajstić information content (AvgIpc) is 2.29. The van der Waals surface area contributed by atoms with Gasteiger partial charge in [0, 0.05) is 18.8 Å². The maximum Gasteiger partial charge on any atom is 0.160 e. The molecule has 4 heteroatoms. The van der Waals surface area contributed by atoms with E-state index in [1.165, 1.54) is 6.42 Å². The number of nitrogens with zero attached hydrogens (tertiary/aromatic N) is 2. The highest BCUT2D eigenvalue weighted by atomic mass is 16.5. The normalized spacial score (nSPS) is 25.7. The predicted molar refractivity (Wildman–Crippen MR) is 61.8 cm³/mol. The Morgan fingerprint density at radius 2 is 2.25 bits per heavy atom. The summed E-state index contributed by atoms with van der Waals surface area (Å²) in [5.41, 5.74) is 7.15. The van der Waals surface area contributed by atoms with Crippen LogP contribution in [0.5, 0.6) is 0 Å². The Morgan fingerprint density at radius 1 is 1.44 bits per heavy atom. The zero-order valence-corrected chi connectivity index (χ0v) is 9.99. The molecule has 16 heavy (non-hydrogen) atoms. The van der Waals surface area contributed by atoms with Crippen LogP contribution in [0, 0.1) is 6.92 Å². The molecule has 0 bridgehead atoms. The molecule has 4 nitrogen and oxygen atoms in total. The third-order valence-electron chi connectivity index (χ3n) is 3.06. The van der Waals surface area contributed by atoms with Crippen molar-refractivity contribution in [3.05, 3.63) is 23.3 Å². The summed E-state index contributed by atoms with van der Waals surface area (Å²) in [5.74, 6) is 0.785. The summed E-state index contributed by atoms with van der Waals surface area (Å²) in [6.07, 6.45) is 3.29. The van der Waals surface area contributed by atoms with Crippen molar-refractivity contribution in [2.45, 2.75) is 45.3 Å². The first-order valence-corrected chi connectivity index (χ1v) is 5.83. The van der Waals surface area contributed by atoms with Gasteiger partial charge >= 0.3 is 0 Å². The standard InChI is InChI=1S/C12H19N3O/c1-9-7-10(8-13)15-11(14-9)12(2)5-3-4-6-16-12/h7H,3-6,8,13H2,1-2H3. The summed E-state index contributed by atoms with van der Waals surface area (Å²) >= 11 is 0. The fourth-order valence-electron chi connectivity index (χ4n) is 2.09. The van der Waals surface area contributed by atoms with Gasteiger partial charge in [0.05, 0.1) is 5.69 Å². The van der Waals surface area contributed by atoms with Gasteiger partial charge in [-0.05, 0) is 39.2 Å². The quantitative estimate of drug-likeness (QED) is 0.825. The van der Waals surface area contributed by atoms with Crippen LogP contribution in [-0.2, 0) is 16.9 Å². The predicted octanol–water partition coefficient (Wildman–Crippen LogP) is 1.66. The van der Waals surface area contributed by atoms with Gasteiger partial charge in [-0.1, -0.05) is 0 Å². The van der Waals surface area contributed by atoms with E-state index in [0.29, 0.717) is 6.54 Å². The van der Waals surface area contributed by atoms with Gasteiger partial charge in [-0.25, -0.2) is 9.97 Å². The van der Waals surface area contributed by atoms with Gasteiger partial charge in [-0.3, -0.25) is 0 Å². The van der Waals surface area contributed by atoms with Gasteiger partial charge in [-0.2, -0.15) is 0 Å². The number of nitrogens with two attached hydrogens (primary N) is 1. The first kappa shape index (κ1) is 11.5. The number of hydrogen-bond acceptors (Lipinski definition) is 4. The SMILES string of the molecule is Cc1cc(CN)nc(C2(C)CCCCO2)n1. The molecule has 88 valence electrons. The molecule has 0 aliphatic carbocycles. The minimum absolute atomic E-state index is 0.325. The fourth-order valence-corrected chi connectivity index (χ4v) is 2.09. The third kappa shape index (κ3) is 2.23. The van der Waals surface area contributed by atoms with Crippen LogP contribution < -0.4 is 5.73 Å². The Labute approximate surface area is 96.2 Å². The molecule has 1 aliphatic rings. The minimum atomic E-state index is -0.325. The molecule has 1 aliphatic heterocycles. The molecule has 1 aromatic heterocycles. The van der Waals surface area contributed by atoms with Crippen LogP contribution in [0.3, 0.4) is 0 Å². The van der Waals surface area contributed by atoms with E-state index >= 15 is 0 Å². The van der Waals surface area contributed by atoms with E-state index in [1.807, 2.05) is 13.0 Å². The zero-order chi connectivity index (χ0) is 11.6. The maximum atomic E-state index is 5.84. The van der Waals surface area contributed by atoms with E-state index in [0.717, 1.165) is 36.7 Å². The molecule has 0 saturated carbocycles. The maximum absolute atomic E-state index is 5.84. The number of ether oxygens (including phenoxy) is 1. The molecule has 0 amide bonds. The molecule has 2 rings (SSSR count). The van der Waals surface area contributed by atoms with E-state index in [9.17, 15) is 0 Å². The van der Waals surface area contributed by atoms with Crippen LogP contribution in [0.25, 0.3) is 0 Å². The minimum Gasteiger partial charge on any atom is -0.367 e. The molecule has 1 atom stereocenters. The smallest absolute Gasteiger partial charge is 0.160 e. The summed E-state index contributed by atoms with van der Waals surface area (Å²) in [4.78, 5) is 8.97. The van der Waals surface area contributed by atoms with Crippen LogP contribution in [0.15, 0.2) is 6.07 Å². The van der Waals surface area contributed by atoms with Crippen molar-refractivity contribution in [3.63, 3.8) is 0 Å². The monoisotopic (exact) mass is 221 g/mol. The first-order chi connectivity index (χ1) is 7.64. The molecule has 1 saturated heterocycles. The van der Waals surface area contributed by atoms with Crippen LogP contribution >= 0.6 is 0 Å². The average molecular weight is 221 g/mol. The Balaban J connectivity index is 2.34. The first-order valence-electron chi connectivity index (χ1n) is 5.83. The molecule has 0 aromatic carbocycles. The van der Waals surface area contributed by atoms with Gasteiger partial charge in [0.1, 0.15) is 5.60 Å². The van der Waals surface area contributed by atoms with Crippen LogP contribution in [-0.4, -0.2) is 16.6 Å². The zero-order valence-electron chi connectivity index (χ0n) is 9.99. The summed E-state index contributed by atoms with van der Waals surface area (Å²) in [5, 5.41) is 0. The fraction of sp³-hybridized carbons (Fsp3) is 0.667. The highest BCUT2D eigenvalue weighted by molar-refractivity contribution is 5.13. The molecule has 1 aromatic rings. The molecule has 0 radical (unpaired) electrons. The van der Waals surface area contributed by atoms with Crippen molar-refractivity contribution < 1.29 is 4.74 Å². The third-order valence-corrected chi connectivity index (χ3v) is 3.06. The number of aryl methyl sites for hydroxylation is 1. The highest BCUT2D eigenvalue weighted by Crippen LogP contribution is 2.32. The van der Waals surface area contributed by atoms with Gasteiger partial charge in [0.25, 0.3) is 0 Å². The Morgan fingerprint density at radius 3 is 2.88 bits per heavy atom. The van der Waals surface area contributed by atoms with Gasteiger partial charge < -0.3 is 10.5 Å². The molecule has 2 heterocycles. The van der Waals surface area contributed by atoms with E-state index in [-0.39, 0.29) is 5.60 Å². The molecular weight excluding hydrogens is 202 g/mol.